The Labute approximate surface area is 230 Å². The molecule has 0 atom stereocenters. The van der Waals surface area contributed by atoms with Gasteiger partial charge < -0.3 is 5.32 Å². The van der Waals surface area contributed by atoms with Crippen molar-refractivity contribution < 1.29 is 13.2 Å². The zero-order valence-electron chi connectivity index (χ0n) is 21.6. The number of carbonyl (C=O) groups is 1. The van der Waals surface area contributed by atoms with Gasteiger partial charge in [0, 0.05) is 16.3 Å². The lowest BCUT2D eigenvalue weighted by atomic mass is 9.48. The number of halogens is 1. The molecule has 38 heavy (non-hydrogen) atoms. The number of amides is 1. The summed E-state index contributed by atoms with van der Waals surface area (Å²) in [5.74, 6) is 2.46. The van der Waals surface area contributed by atoms with E-state index in [0.717, 1.165) is 29.7 Å². The van der Waals surface area contributed by atoms with Crippen LogP contribution in [0.4, 0.5) is 11.4 Å². The summed E-state index contributed by atoms with van der Waals surface area (Å²) in [6.45, 7) is 0.111. The Morgan fingerprint density at radius 3 is 2.03 bits per heavy atom. The molecule has 7 rings (SSSR count). The van der Waals surface area contributed by atoms with Gasteiger partial charge >= 0.3 is 0 Å². The predicted molar refractivity (Wildman–Crippen MR) is 153 cm³/mol. The van der Waals surface area contributed by atoms with Crippen LogP contribution < -0.4 is 9.62 Å². The number of rotatable bonds is 7. The molecule has 4 bridgehead atoms. The van der Waals surface area contributed by atoms with E-state index in [1.807, 2.05) is 18.2 Å². The summed E-state index contributed by atoms with van der Waals surface area (Å²) in [5.41, 5.74) is 4.18. The van der Waals surface area contributed by atoms with Crippen molar-refractivity contribution in [3.8, 4) is 0 Å². The van der Waals surface area contributed by atoms with Gasteiger partial charge in [0.25, 0.3) is 5.91 Å². The minimum Gasteiger partial charge on any atom is -0.322 e. The summed E-state index contributed by atoms with van der Waals surface area (Å²) in [7, 11) is -3.56. The third-order valence-electron chi connectivity index (χ3n) is 8.88. The summed E-state index contributed by atoms with van der Waals surface area (Å²) in [6, 6.07) is 22.3. The van der Waals surface area contributed by atoms with Crippen molar-refractivity contribution in [3.05, 3.63) is 94.5 Å². The van der Waals surface area contributed by atoms with E-state index in [1.165, 1.54) is 48.4 Å². The number of carbonyl (C=O) groups excluding carboxylic acids is 1. The second-order valence-corrected chi connectivity index (χ2v) is 14.0. The molecule has 1 N–H and O–H groups in total. The highest BCUT2D eigenvalue weighted by atomic mass is 35.5. The van der Waals surface area contributed by atoms with Crippen LogP contribution in [0.2, 0.25) is 5.02 Å². The fraction of sp³-hybridized carbons (Fsp3) is 0.387. The molecule has 4 aliphatic carbocycles. The van der Waals surface area contributed by atoms with Crippen LogP contribution in [0.3, 0.4) is 0 Å². The van der Waals surface area contributed by atoms with E-state index in [9.17, 15) is 13.2 Å². The van der Waals surface area contributed by atoms with Crippen LogP contribution >= 0.6 is 11.6 Å². The van der Waals surface area contributed by atoms with Gasteiger partial charge in [0.1, 0.15) is 0 Å². The Hall–Kier alpha value is -2.83. The monoisotopic (exact) mass is 548 g/mol. The first-order valence-corrected chi connectivity index (χ1v) is 15.6. The molecule has 7 heteroatoms. The van der Waals surface area contributed by atoms with Crippen molar-refractivity contribution in [2.75, 3.05) is 15.9 Å². The first-order chi connectivity index (χ1) is 18.2. The maximum absolute atomic E-state index is 13.0. The first-order valence-electron chi connectivity index (χ1n) is 13.4. The molecule has 0 spiro atoms. The number of nitrogens with zero attached hydrogens (tertiary/aromatic N) is 1. The number of anilines is 2. The highest BCUT2D eigenvalue weighted by Crippen LogP contribution is 2.60. The van der Waals surface area contributed by atoms with E-state index < -0.39 is 10.0 Å². The Bertz CT molecular complexity index is 1420. The normalized spacial score (nSPS) is 25.8. The Balaban J connectivity index is 1.15. The van der Waals surface area contributed by atoms with Gasteiger partial charge in [0.05, 0.1) is 18.5 Å². The molecule has 4 fully saturated rings. The molecule has 0 saturated heterocycles. The van der Waals surface area contributed by atoms with E-state index in [4.69, 9.17) is 11.6 Å². The van der Waals surface area contributed by atoms with E-state index in [1.54, 1.807) is 42.5 Å². The van der Waals surface area contributed by atoms with Gasteiger partial charge in [-0.25, -0.2) is 8.42 Å². The summed E-state index contributed by atoms with van der Waals surface area (Å²) in [4.78, 5) is 13.0. The molecule has 0 heterocycles. The number of benzene rings is 3. The second kappa shape index (κ2) is 9.73. The molecule has 1 amide bonds. The average Bonchev–Trinajstić information content (AvgIpc) is 2.87. The molecule has 3 aromatic rings. The molecule has 0 aromatic heterocycles. The van der Waals surface area contributed by atoms with Crippen LogP contribution in [0.5, 0.6) is 0 Å². The SMILES string of the molecule is CS(=O)(=O)N(Cc1ccccc1Cl)c1ccc(C(=O)Nc2ccc(C34CC5CC(CC(C5)C3)C4)cc2)cc1. The third-order valence-corrected chi connectivity index (χ3v) is 10.4. The van der Waals surface area contributed by atoms with Crippen molar-refractivity contribution in [1.29, 1.82) is 0 Å². The maximum Gasteiger partial charge on any atom is 0.255 e. The minimum absolute atomic E-state index is 0.111. The van der Waals surface area contributed by atoms with E-state index in [-0.39, 0.29) is 12.5 Å². The van der Waals surface area contributed by atoms with Crippen molar-refractivity contribution in [1.82, 2.24) is 0 Å². The number of hydrogen-bond acceptors (Lipinski definition) is 3. The molecular weight excluding hydrogens is 516 g/mol. The smallest absolute Gasteiger partial charge is 0.255 e. The van der Waals surface area contributed by atoms with Crippen LogP contribution in [0.25, 0.3) is 0 Å². The summed E-state index contributed by atoms with van der Waals surface area (Å²) in [5, 5.41) is 3.50. The van der Waals surface area contributed by atoms with Crippen molar-refractivity contribution in [2.24, 2.45) is 17.8 Å². The molecule has 198 valence electrons. The molecule has 5 nitrogen and oxygen atoms in total. The summed E-state index contributed by atoms with van der Waals surface area (Å²) >= 11 is 6.26. The molecule has 0 radical (unpaired) electrons. The molecule has 0 unspecified atom stereocenters. The standard InChI is InChI=1S/C31H33ClN2O3S/c1-38(36,37)34(20-25-4-2-3-5-29(25)32)28-12-6-24(7-13-28)30(35)33-27-10-8-26(9-11-27)31-17-21-14-22(18-31)16-23(15-21)19-31/h2-13,21-23H,14-20H2,1H3,(H,33,35). The van der Waals surface area contributed by atoms with Gasteiger partial charge in [-0.3, -0.25) is 9.10 Å². The summed E-state index contributed by atoms with van der Waals surface area (Å²) in [6.07, 6.45) is 9.39. The van der Waals surface area contributed by atoms with Crippen molar-refractivity contribution in [3.63, 3.8) is 0 Å². The molecule has 4 saturated carbocycles. The van der Waals surface area contributed by atoms with Gasteiger partial charge in [0.2, 0.25) is 10.0 Å². The van der Waals surface area contributed by atoms with Gasteiger partial charge in [-0.05, 0) is 115 Å². The zero-order valence-corrected chi connectivity index (χ0v) is 23.1. The van der Waals surface area contributed by atoms with Crippen LogP contribution in [0.15, 0.2) is 72.8 Å². The highest BCUT2D eigenvalue weighted by Gasteiger charge is 2.51. The van der Waals surface area contributed by atoms with Gasteiger partial charge in [-0.1, -0.05) is 41.9 Å². The Kier molecular flexibility index (Phi) is 6.51. The topological polar surface area (TPSA) is 66.5 Å². The summed E-state index contributed by atoms with van der Waals surface area (Å²) < 4.78 is 26.4. The minimum atomic E-state index is -3.56. The fourth-order valence-corrected chi connectivity index (χ4v) is 8.61. The van der Waals surface area contributed by atoms with E-state index in [0.29, 0.717) is 27.3 Å². The number of sulfonamides is 1. The fourth-order valence-electron chi connectivity index (χ4n) is 7.54. The molecule has 4 aliphatic rings. The van der Waals surface area contributed by atoms with Crippen LogP contribution in [0.1, 0.15) is 60.0 Å². The molecule has 3 aromatic carbocycles. The number of nitrogens with one attached hydrogen (secondary N) is 1. The second-order valence-electron chi connectivity index (χ2n) is 11.6. The van der Waals surface area contributed by atoms with Crippen LogP contribution in [-0.4, -0.2) is 20.6 Å². The van der Waals surface area contributed by atoms with Crippen LogP contribution in [0, 0.1) is 17.8 Å². The molecular formula is C31H33ClN2O3S. The lowest BCUT2D eigenvalue weighted by molar-refractivity contribution is -0.00518. The van der Waals surface area contributed by atoms with Crippen LogP contribution in [-0.2, 0) is 22.0 Å². The van der Waals surface area contributed by atoms with E-state index >= 15 is 0 Å². The molecule has 0 aliphatic heterocycles. The van der Waals surface area contributed by atoms with Crippen molar-refractivity contribution >= 4 is 38.9 Å². The van der Waals surface area contributed by atoms with Gasteiger partial charge in [-0.2, -0.15) is 0 Å². The lowest BCUT2D eigenvalue weighted by Crippen LogP contribution is -2.48. The zero-order chi connectivity index (χ0) is 26.5. The maximum atomic E-state index is 13.0. The lowest BCUT2D eigenvalue weighted by Gasteiger charge is -2.57. The predicted octanol–water partition coefficient (Wildman–Crippen LogP) is 7.03. The largest absolute Gasteiger partial charge is 0.322 e. The quantitative estimate of drug-likeness (QED) is 0.345. The Morgan fingerprint density at radius 1 is 0.895 bits per heavy atom. The third kappa shape index (κ3) is 4.96. The highest BCUT2D eigenvalue weighted by molar-refractivity contribution is 7.92. The van der Waals surface area contributed by atoms with Crippen molar-refractivity contribution in [2.45, 2.75) is 50.5 Å². The first kappa shape index (κ1) is 25.4. The van der Waals surface area contributed by atoms with Gasteiger partial charge in [-0.15, -0.1) is 0 Å². The number of hydrogen-bond donors (Lipinski definition) is 1. The average molecular weight is 549 g/mol. The van der Waals surface area contributed by atoms with Gasteiger partial charge in [0.15, 0.2) is 0 Å². The Morgan fingerprint density at radius 2 is 1.47 bits per heavy atom. The van der Waals surface area contributed by atoms with E-state index in [2.05, 4.69) is 17.4 Å².